The number of amides is 1. The fourth-order valence-electron chi connectivity index (χ4n) is 3.19. The van der Waals surface area contributed by atoms with Crippen LogP contribution in [0.4, 0.5) is 0 Å². The van der Waals surface area contributed by atoms with Crippen molar-refractivity contribution >= 4 is 12.0 Å². The molecular formula is C24H30N2O2. The zero-order valence-corrected chi connectivity index (χ0v) is 16.9. The molecule has 0 saturated carbocycles. The Balaban J connectivity index is 1.44. The van der Waals surface area contributed by atoms with E-state index in [2.05, 4.69) is 60.5 Å². The summed E-state index contributed by atoms with van der Waals surface area (Å²) >= 11 is 0. The van der Waals surface area contributed by atoms with Crippen LogP contribution in [0.15, 0.2) is 54.6 Å². The average Bonchev–Trinajstić information content (AvgIpc) is 2.73. The number of rotatable bonds is 7. The van der Waals surface area contributed by atoms with E-state index >= 15 is 0 Å². The molecule has 0 aliphatic carbocycles. The molecule has 0 bridgehead atoms. The SMILES string of the molecule is CC(C)c1ccc(/C=C/C(=O)NCc2ccc(CN3CCOCC3)cc2)cc1. The van der Waals surface area contributed by atoms with Gasteiger partial charge in [-0.1, -0.05) is 62.4 Å². The predicted molar refractivity (Wildman–Crippen MR) is 114 cm³/mol. The standard InChI is InChI=1S/C24H30N2O2/c1-19(2)23-10-7-20(8-11-23)9-12-24(27)25-17-21-3-5-22(6-4-21)18-26-13-15-28-16-14-26/h3-12,19H,13-18H2,1-2H3,(H,25,27)/b12-9+. The largest absolute Gasteiger partial charge is 0.379 e. The fourth-order valence-corrected chi connectivity index (χ4v) is 3.19. The predicted octanol–water partition coefficient (Wildman–Crippen LogP) is 3.97. The lowest BCUT2D eigenvalue weighted by Gasteiger charge is -2.26. The maximum absolute atomic E-state index is 12.1. The van der Waals surface area contributed by atoms with Crippen LogP contribution in [0.5, 0.6) is 0 Å². The summed E-state index contributed by atoms with van der Waals surface area (Å²) in [6.07, 6.45) is 3.45. The first-order valence-electron chi connectivity index (χ1n) is 10.0. The minimum absolute atomic E-state index is 0.0784. The van der Waals surface area contributed by atoms with Crippen LogP contribution in [-0.2, 0) is 22.6 Å². The van der Waals surface area contributed by atoms with Gasteiger partial charge >= 0.3 is 0 Å². The van der Waals surface area contributed by atoms with E-state index in [1.165, 1.54) is 11.1 Å². The number of hydrogen-bond acceptors (Lipinski definition) is 3. The summed E-state index contributed by atoms with van der Waals surface area (Å²) in [5.41, 5.74) is 4.74. The zero-order chi connectivity index (χ0) is 19.8. The number of benzene rings is 2. The average molecular weight is 379 g/mol. The Hall–Kier alpha value is -2.43. The number of nitrogens with zero attached hydrogens (tertiary/aromatic N) is 1. The molecule has 1 aliphatic heterocycles. The monoisotopic (exact) mass is 378 g/mol. The lowest BCUT2D eigenvalue weighted by molar-refractivity contribution is -0.116. The van der Waals surface area contributed by atoms with Gasteiger partial charge in [0.15, 0.2) is 0 Å². The topological polar surface area (TPSA) is 41.6 Å². The Morgan fingerprint density at radius 2 is 1.68 bits per heavy atom. The molecule has 148 valence electrons. The van der Waals surface area contributed by atoms with Crippen LogP contribution in [0.25, 0.3) is 6.08 Å². The van der Waals surface area contributed by atoms with Crippen LogP contribution in [0.3, 0.4) is 0 Å². The Labute approximate surface area is 168 Å². The molecule has 0 spiro atoms. The molecule has 1 N–H and O–H groups in total. The maximum Gasteiger partial charge on any atom is 0.244 e. The lowest BCUT2D eigenvalue weighted by atomic mass is 10.0. The molecule has 4 nitrogen and oxygen atoms in total. The highest BCUT2D eigenvalue weighted by Crippen LogP contribution is 2.15. The van der Waals surface area contributed by atoms with Crippen molar-refractivity contribution in [1.29, 1.82) is 0 Å². The van der Waals surface area contributed by atoms with Gasteiger partial charge in [0.05, 0.1) is 13.2 Å². The lowest BCUT2D eigenvalue weighted by Crippen LogP contribution is -2.35. The van der Waals surface area contributed by atoms with Crippen LogP contribution in [0, 0.1) is 0 Å². The summed E-state index contributed by atoms with van der Waals surface area (Å²) in [7, 11) is 0. The van der Waals surface area contributed by atoms with Crippen LogP contribution < -0.4 is 5.32 Å². The summed E-state index contributed by atoms with van der Waals surface area (Å²) in [6, 6.07) is 16.8. The van der Waals surface area contributed by atoms with Gasteiger partial charge in [-0.2, -0.15) is 0 Å². The molecule has 0 atom stereocenters. The second-order valence-electron chi connectivity index (χ2n) is 7.58. The molecule has 28 heavy (non-hydrogen) atoms. The van der Waals surface area contributed by atoms with Crippen molar-refractivity contribution < 1.29 is 9.53 Å². The molecule has 2 aromatic carbocycles. The van der Waals surface area contributed by atoms with Crippen molar-refractivity contribution in [1.82, 2.24) is 10.2 Å². The summed E-state index contributed by atoms with van der Waals surface area (Å²) in [5.74, 6) is 0.437. The molecule has 0 radical (unpaired) electrons. The number of carbonyl (C=O) groups excluding carboxylic acids is 1. The van der Waals surface area contributed by atoms with Crippen molar-refractivity contribution in [3.63, 3.8) is 0 Å². The maximum atomic E-state index is 12.1. The van der Waals surface area contributed by atoms with E-state index < -0.39 is 0 Å². The molecule has 1 aliphatic rings. The third-order valence-electron chi connectivity index (χ3n) is 5.03. The highest BCUT2D eigenvalue weighted by atomic mass is 16.5. The van der Waals surface area contributed by atoms with E-state index in [0.717, 1.165) is 44.0 Å². The van der Waals surface area contributed by atoms with E-state index in [-0.39, 0.29) is 5.91 Å². The number of carbonyl (C=O) groups is 1. The molecule has 0 aromatic heterocycles. The highest BCUT2D eigenvalue weighted by molar-refractivity contribution is 5.91. The quantitative estimate of drug-likeness (QED) is 0.741. The first kappa shape index (κ1) is 20.3. The first-order valence-corrected chi connectivity index (χ1v) is 10.0. The van der Waals surface area contributed by atoms with Crippen LogP contribution in [-0.4, -0.2) is 37.1 Å². The van der Waals surface area contributed by atoms with Crippen LogP contribution in [0.1, 0.15) is 42.0 Å². The molecule has 3 rings (SSSR count). The number of morpholine rings is 1. The van der Waals surface area contributed by atoms with Gasteiger partial charge in [-0.15, -0.1) is 0 Å². The number of hydrogen-bond donors (Lipinski definition) is 1. The number of nitrogens with one attached hydrogen (secondary N) is 1. The van der Waals surface area contributed by atoms with E-state index in [0.29, 0.717) is 12.5 Å². The minimum atomic E-state index is -0.0784. The smallest absolute Gasteiger partial charge is 0.244 e. The van der Waals surface area contributed by atoms with Gasteiger partial charge < -0.3 is 10.1 Å². The molecule has 4 heteroatoms. The Bertz CT molecular complexity index is 773. The first-order chi connectivity index (χ1) is 13.6. The Morgan fingerprint density at radius 1 is 1.04 bits per heavy atom. The zero-order valence-electron chi connectivity index (χ0n) is 16.9. The van der Waals surface area contributed by atoms with Crippen molar-refractivity contribution in [3.05, 3.63) is 76.9 Å². The highest BCUT2D eigenvalue weighted by Gasteiger charge is 2.10. The van der Waals surface area contributed by atoms with E-state index in [9.17, 15) is 4.79 Å². The van der Waals surface area contributed by atoms with Crippen molar-refractivity contribution in [3.8, 4) is 0 Å². The summed E-state index contributed by atoms with van der Waals surface area (Å²) in [4.78, 5) is 14.5. The van der Waals surface area contributed by atoms with Crippen molar-refractivity contribution in [2.75, 3.05) is 26.3 Å². The summed E-state index contributed by atoms with van der Waals surface area (Å²) in [6.45, 7) is 9.45. The third kappa shape index (κ3) is 6.32. The van der Waals surface area contributed by atoms with Gasteiger partial charge in [0.25, 0.3) is 0 Å². The Kier molecular flexibility index (Phi) is 7.40. The van der Waals surface area contributed by atoms with E-state index in [1.807, 2.05) is 18.2 Å². The van der Waals surface area contributed by atoms with Crippen LogP contribution in [0.2, 0.25) is 0 Å². The molecule has 1 fully saturated rings. The van der Waals surface area contributed by atoms with Gasteiger partial charge in [0, 0.05) is 32.3 Å². The molecule has 1 saturated heterocycles. The van der Waals surface area contributed by atoms with Gasteiger partial charge in [-0.3, -0.25) is 9.69 Å². The Morgan fingerprint density at radius 3 is 2.32 bits per heavy atom. The van der Waals surface area contributed by atoms with Crippen molar-refractivity contribution in [2.24, 2.45) is 0 Å². The second-order valence-corrected chi connectivity index (χ2v) is 7.58. The summed E-state index contributed by atoms with van der Waals surface area (Å²) < 4.78 is 5.39. The molecular weight excluding hydrogens is 348 g/mol. The fraction of sp³-hybridized carbons (Fsp3) is 0.375. The van der Waals surface area contributed by atoms with Crippen LogP contribution >= 0.6 is 0 Å². The van der Waals surface area contributed by atoms with E-state index in [1.54, 1.807) is 6.08 Å². The van der Waals surface area contributed by atoms with Gasteiger partial charge in [-0.25, -0.2) is 0 Å². The van der Waals surface area contributed by atoms with Gasteiger partial charge in [-0.05, 0) is 34.2 Å². The molecule has 0 unspecified atom stereocenters. The van der Waals surface area contributed by atoms with Crippen molar-refractivity contribution in [2.45, 2.75) is 32.9 Å². The molecule has 1 heterocycles. The number of ether oxygens (including phenoxy) is 1. The normalized spacial score (nSPS) is 15.2. The third-order valence-corrected chi connectivity index (χ3v) is 5.03. The molecule has 2 aromatic rings. The summed E-state index contributed by atoms with van der Waals surface area (Å²) in [5, 5.41) is 2.95. The minimum Gasteiger partial charge on any atom is -0.379 e. The van der Waals surface area contributed by atoms with Gasteiger partial charge in [0.1, 0.15) is 0 Å². The van der Waals surface area contributed by atoms with Gasteiger partial charge in [0.2, 0.25) is 5.91 Å². The molecule has 1 amide bonds. The second kappa shape index (κ2) is 10.2. The van der Waals surface area contributed by atoms with E-state index in [4.69, 9.17) is 4.74 Å².